The number of hydrogen-bond donors (Lipinski definition) is 3. The molecule has 3 aromatic carbocycles. The van der Waals surface area contributed by atoms with E-state index < -0.39 is 105 Å². The van der Waals surface area contributed by atoms with E-state index in [2.05, 4.69) is 29.8 Å². The number of fused-ring (bicyclic) bond motifs is 3. The van der Waals surface area contributed by atoms with Crippen LogP contribution in [-0.4, -0.2) is 155 Å². The quantitative estimate of drug-likeness (QED) is 0.0330. The zero-order valence-electron chi connectivity index (χ0n) is 72.8. The Bertz CT molecular complexity index is 7530. The number of piperazine rings is 3. The van der Waals surface area contributed by atoms with E-state index >= 15 is 27.6 Å². The van der Waals surface area contributed by atoms with Gasteiger partial charge in [0.25, 0.3) is 16.7 Å². The fraction of sp³-hybridized carbons (Fsp3) is 0.258. The maximum Gasteiger partial charge on any atom is 0.276 e. The van der Waals surface area contributed by atoms with Crippen LogP contribution in [0.25, 0.3) is 96.1 Å². The summed E-state index contributed by atoms with van der Waals surface area (Å²) in [5, 5.41) is 29.3. The van der Waals surface area contributed by atoms with Gasteiger partial charge in [0.05, 0.1) is 174 Å². The average molecular weight is 2060 g/mol. The first kappa shape index (κ1) is 97.9. The van der Waals surface area contributed by atoms with Crippen LogP contribution in [0.2, 0.25) is 60.3 Å². The van der Waals surface area contributed by atoms with Gasteiger partial charge in [0.15, 0.2) is 17.5 Å². The van der Waals surface area contributed by atoms with Crippen LogP contribution >= 0.6 is 139 Å². The van der Waals surface area contributed by atoms with Gasteiger partial charge in [-0.3, -0.25) is 57.4 Å². The van der Waals surface area contributed by atoms with Gasteiger partial charge in [0.2, 0.25) is 17.7 Å². The van der Waals surface area contributed by atoms with Crippen molar-refractivity contribution in [2.24, 2.45) is 0 Å². The van der Waals surface area contributed by atoms with E-state index in [0.717, 1.165) is 0 Å². The lowest BCUT2D eigenvalue weighted by atomic mass is 10.0. The minimum Gasteiger partial charge on any atom is -0.396 e. The Balaban J connectivity index is 0.745. The molecule has 15 rings (SSSR count). The third-order valence-electron chi connectivity index (χ3n) is 23.8. The highest BCUT2D eigenvalue weighted by Crippen LogP contribution is 2.52. The smallest absolute Gasteiger partial charge is 0.276 e. The Kier molecular flexibility index (Phi) is 27.9. The number of hydrogen-bond acceptors (Lipinski definition) is 21. The average Bonchev–Trinajstić information content (AvgIpc) is 0.726. The van der Waals surface area contributed by atoms with E-state index in [1.807, 2.05) is 27.7 Å². The summed E-state index contributed by atoms with van der Waals surface area (Å²) in [6.07, 6.45) is 8.36. The maximum absolute atomic E-state index is 16.8. The van der Waals surface area contributed by atoms with Crippen molar-refractivity contribution in [3.05, 3.63) is 238 Å². The minimum atomic E-state index is -1.16. The fourth-order valence-corrected chi connectivity index (χ4v) is 20.0. The predicted octanol–water partition coefficient (Wildman–Crippen LogP) is 20.4. The van der Waals surface area contributed by atoms with Crippen molar-refractivity contribution in [3.8, 4) is 69.0 Å². The topological polar surface area (TPSA) is 363 Å². The monoisotopic (exact) mass is 2060 g/mol. The Labute approximate surface area is 828 Å². The highest BCUT2D eigenvalue weighted by atomic mass is 35.5. The first-order valence-corrected chi connectivity index (χ1v) is 46.1. The summed E-state index contributed by atoms with van der Waals surface area (Å²) in [7, 11) is 0. The molecule has 3 aliphatic heterocycles. The van der Waals surface area contributed by atoms with Crippen molar-refractivity contribution in [2.75, 3.05) is 110 Å². The van der Waals surface area contributed by atoms with E-state index in [0.29, 0.717) is 33.8 Å². The second kappa shape index (κ2) is 38.5. The van der Waals surface area contributed by atoms with Gasteiger partial charge in [0.1, 0.15) is 51.8 Å². The molecular formula is C93H74Cl12F3N21O6. The van der Waals surface area contributed by atoms with Crippen molar-refractivity contribution in [2.45, 2.75) is 80.1 Å². The third-order valence-corrected chi connectivity index (χ3v) is 28.4. The summed E-state index contributed by atoms with van der Waals surface area (Å²) in [6, 6.07) is 15.5. The molecular weight excluding hydrogens is 1990 g/mol. The second-order valence-corrected chi connectivity index (χ2v) is 37.6. The Morgan fingerprint density at radius 1 is 0.400 bits per heavy atom. The number of nitrogens with two attached hydrogens (primary N) is 3. The van der Waals surface area contributed by atoms with Crippen LogP contribution in [0, 0.1) is 72.2 Å². The van der Waals surface area contributed by atoms with Gasteiger partial charge < -0.3 is 46.6 Å². The molecule has 0 unspecified atom stereocenters. The minimum absolute atomic E-state index is 0.00172. The maximum atomic E-state index is 16.8. The van der Waals surface area contributed by atoms with Crippen LogP contribution in [0.1, 0.15) is 121 Å². The standard InChI is InChI=1S/C93H74Cl12F3N21O6/c1-11-55(130)121-18-24-124(25-19-121)86-47-33-53(95)80(59-62(98)74(113)68(104)65(101)71(59)107)119-89(47)128(92(134)50(86)36-110)83-42(9)30-44(116-77(83)39(4)5)13-15-57(132)123-22-28-126(29-23-123)87-48-34-54(96)81(60-63(99)75(114)69(105)66(102)72(60)108)120-90(48)129(93(135)51(87)37-111)84-43(10)31-45(117-78(84)40(6)7)12-14-56(131)122-20-26-125(27-21-122)85-46-32-52(94)79(58-61(97)73(112)67(103)64(100)70(58)106)118-88(46)127(91(133)49(85)35-109)82-41(8)16-17-115-76(82)38(2)3/h11-17,30-34,38-40H,1,18-29,112-114H2,2-10H3/b14-12-,15-13-. The highest BCUT2D eigenvalue weighted by molar-refractivity contribution is 6.50. The van der Waals surface area contributed by atoms with E-state index in [1.165, 1.54) is 67.2 Å². The Morgan fingerprint density at radius 2 is 0.681 bits per heavy atom. The molecule has 692 valence electrons. The molecule has 0 aliphatic carbocycles. The van der Waals surface area contributed by atoms with E-state index in [9.17, 15) is 30.2 Å². The number of nitrogens with zero attached hydrogens (tertiary/aromatic N) is 18. The molecule has 3 saturated heterocycles. The van der Waals surface area contributed by atoms with E-state index in [4.69, 9.17) is 181 Å². The molecule has 3 fully saturated rings. The summed E-state index contributed by atoms with van der Waals surface area (Å²) in [6.45, 7) is 20.6. The second-order valence-electron chi connectivity index (χ2n) is 33.0. The molecule has 0 radical (unpaired) electrons. The zero-order valence-corrected chi connectivity index (χ0v) is 81.8. The number of nitrogen functional groups attached to an aromatic ring is 3. The molecule has 6 N–H and O–H groups in total. The number of halogens is 15. The first-order valence-electron chi connectivity index (χ1n) is 41.6. The van der Waals surface area contributed by atoms with Crippen molar-refractivity contribution in [1.82, 2.24) is 58.3 Å². The van der Waals surface area contributed by atoms with Gasteiger partial charge in [-0.15, -0.1) is 0 Å². The number of rotatable bonds is 17. The van der Waals surface area contributed by atoms with Crippen LogP contribution in [0.3, 0.4) is 0 Å². The number of benzene rings is 3. The van der Waals surface area contributed by atoms with Crippen LogP contribution < -0.4 is 48.6 Å². The first-order chi connectivity index (χ1) is 64.0. The number of pyridine rings is 9. The van der Waals surface area contributed by atoms with Crippen LogP contribution in [-0.2, 0) is 14.4 Å². The van der Waals surface area contributed by atoms with Gasteiger partial charge in [-0.2, -0.15) is 15.8 Å². The number of anilines is 6. The largest absolute Gasteiger partial charge is 0.396 e. The summed E-state index contributed by atoms with van der Waals surface area (Å²) in [4.78, 5) is 128. The molecule has 27 nitrogen and oxygen atoms in total. The lowest BCUT2D eigenvalue weighted by molar-refractivity contribution is -0.127. The molecule has 0 atom stereocenters. The third kappa shape index (κ3) is 17.1. The van der Waals surface area contributed by atoms with Crippen molar-refractivity contribution in [3.63, 3.8) is 0 Å². The molecule has 12 aromatic rings. The SMILES string of the molecule is C=CC(=O)N1CCN(c2c(C#N)c(=O)n(-c3c(C)cc(/C=C\C(=O)N4CCN(c5c(C#N)c(=O)n(-c6c(C)cc(/C=C\C(=O)N7CCN(c8c(C#N)c(=O)n(-c9c(C)ccnc9C(C)C)c9nc(-c%10c(F)c(Cl)c(Cl)c(N)c%10Cl)c(Cl)cc89)CC7)nc6C(C)C)c6nc(-c7c(F)c(Cl)c(Cl)c(N)c7Cl)c(Cl)cc56)CC4)nc3C(C)C)c3nc(-c4c(F)c(Cl)c(Cl)c(N)c4Cl)c(Cl)cc23)CC1. The number of amides is 3. The van der Waals surface area contributed by atoms with Crippen molar-refractivity contribution in [1.29, 1.82) is 15.8 Å². The van der Waals surface area contributed by atoms with Crippen LogP contribution in [0.4, 0.5) is 47.3 Å². The lowest BCUT2D eigenvalue weighted by Crippen LogP contribution is -2.49. The number of carbonyl (C=O) groups excluding carboxylic acids is 3. The van der Waals surface area contributed by atoms with Gasteiger partial charge in [-0.1, -0.05) is 187 Å². The molecule has 3 amide bonds. The van der Waals surface area contributed by atoms with Gasteiger partial charge in [0, 0.05) is 113 Å². The molecule has 0 spiro atoms. The summed E-state index contributed by atoms with van der Waals surface area (Å²) < 4.78 is 53.3. The highest BCUT2D eigenvalue weighted by Gasteiger charge is 2.38. The Hall–Kier alpha value is -11.6. The summed E-state index contributed by atoms with van der Waals surface area (Å²) >= 11 is 79.7. The number of aromatic nitrogens is 9. The Morgan fingerprint density at radius 3 is 0.956 bits per heavy atom. The van der Waals surface area contributed by atoms with E-state index in [-0.39, 0.29) is 249 Å². The van der Waals surface area contributed by atoms with Crippen molar-refractivity contribution >= 4 is 236 Å². The van der Waals surface area contributed by atoms with Gasteiger partial charge in [-0.25, -0.2) is 28.1 Å². The predicted molar refractivity (Wildman–Crippen MR) is 530 cm³/mol. The van der Waals surface area contributed by atoms with Gasteiger partial charge >= 0.3 is 0 Å². The molecule has 135 heavy (non-hydrogen) atoms. The molecule has 3 aliphatic rings. The molecule has 0 saturated carbocycles. The number of nitriles is 3. The molecule has 12 heterocycles. The molecule has 42 heteroatoms. The van der Waals surface area contributed by atoms with Crippen LogP contribution in [0.5, 0.6) is 0 Å². The van der Waals surface area contributed by atoms with Crippen molar-refractivity contribution < 1.29 is 27.6 Å². The number of aryl methyl sites for hydroxylation is 3. The molecule has 0 bridgehead atoms. The summed E-state index contributed by atoms with van der Waals surface area (Å²) in [5.41, 5.74) is 15.7. The fourth-order valence-electron chi connectivity index (χ4n) is 17.2. The number of carbonyl (C=O) groups is 3. The normalized spacial score (nSPS) is 13.9. The lowest BCUT2D eigenvalue weighted by Gasteiger charge is -2.36. The molecule has 9 aromatic heterocycles. The van der Waals surface area contributed by atoms with Gasteiger partial charge in [-0.05, 0) is 110 Å². The summed E-state index contributed by atoms with van der Waals surface area (Å²) in [5.74, 6) is -5.93. The zero-order chi connectivity index (χ0) is 97.9. The van der Waals surface area contributed by atoms with Crippen LogP contribution in [0.15, 0.2) is 81.8 Å². The van der Waals surface area contributed by atoms with E-state index in [1.54, 1.807) is 83.5 Å².